The number of hydrogen-bond donors (Lipinski definition) is 1. The third-order valence-corrected chi connectivity index (χ3v) is 3.11. The molecular weight excluding hydrogens is 202 g/mol. The van der Waals surface area contributed by atoms with E-state index in [2.05, 4.69) is 5.32 Å². The molecule has 86 valence electrons. The van der Waals surface area contributed by atoms with Gasteiger partial charge in [0, 0.05) is 11.6 Å². The summed E-state index contributed by atoms with van der Waals surface area (Å²) < 4.78 is 5.18. The van der Waals surface area contributed by atoms with Crippen LogP contribution in [-0.4, -0.2) is 26.0 Å². The summed E-state index contributed by atoms with van der Waals surface area (Å²) in [6, 6.07) is 6.13. The number of nitrogens with one attached hydrogen (secondary N) is 1. The number of hydrogen-bond acceptors (Lipinski definition) is 3. The van der Waals surface area contributed by atoms with Crippen LogP contribution in [0.1, 0.15) is 28.8 Å². The first-order valence-corrected chi connectivity index (χ1v) is 5.69. The molecule has 0 saturated carbocycles. The topological polar surface area (TPSA) is 38.3 Å². The summed E-state index contributed by atoms with van der Waals surface area (Å²) in [4.78, 5) is 10.9. The molecule has 0 aromatic heterocycles. The molecule has 3 nitrogen and oxygen atoms in total. The number of carbonyl (C=O) groups excluding carboxylic acids is 1. The van der Waals surface area contributed by atoms with Crippen molar-refractivity contribution in [1.82, 2.24) is 5.32 Å². The molecule has 16 heavy (non-hydrogen) atoms. The van der Waals surface area contributed by atoms with Crippen molar-refractivity contribution < 1.29 is 9.53 Å². The second-order valence-corrected chi connectivity index (χ2v) is 4.18. The smallest absolute Gasteiger partial charge is 0.150 e. The lowest BCUT2D eigenvalue weighted by molar-refractivity contribution is 0.112. The van der Waals surface area contributed by atoms with E-state index < -0.39 is 0 Å². The lowest BCUT2D eigenvalue weighted by Crippen LogP contribution is -2.24. The van der Waals surface area contributed by atoms with Crippen LogP contribution in [0.2, 0.25) is 0 Å². The van der Waals surface area contributed by atoms with Gasteiger partial charge in [-0.1, -0.05) is 0 Å². The summed E-state index contributed by atoms with van der Waals surface area (Å²) >= 11 is 0. The fraction of sp³-hybridized carbons (Fsp3) is 0.462. The van der Waals surface area contributed by atoms with Crippen LogP contribution in [0.5, 0.6) is 5.75 Å². The highest BCUT2D eigenvalue weighted by Crippen LogP contribution is 2.20. The molecular formula is C13H17NO2. The molecule has 0 amide bonds. The Hall–Kier alpha value is -1.35. The summed E-state index contributed by atoms with van der Waals surface area (Å²) in [5.74, 6) is 0.818. The van der Waals surface area contributed by atoms with Gasteiger partial charge in [-0.2, -0.15) is 0 Å². The minimum atomic E-state index is 0.505. The highest BCUT2D eigenvalue weighted by molar-refractivity contribution is 5.77. The quantitative estimate of drug-likeness (QED) is 0.785. The second-order valence-electron chi connectivity index (χ2n) is 4.18. The first-order valence-electron chi connectivity index (χ1n) is 5.69. The monoisotopic (exact) mass is 219 g/mol. The number of rotatable bonds is 4. The zero-order valence-electron chi connectivity index (χ0n) is 9.53. The van der Waals surface area contributed by atoms with Crippen molar-refractivity contribution in [3.63, 3.8) is 0 Å². The van der Waals surface area contributed by atoms with Crippen LogP contribution in [0.4, 0.5) is 0 Å². The van der Waals surface area contributed by atoms with E-state index in [4.69, 9.17) is 4.74 Å². The van der Waals surface area contributed by atoms with Gasteiger partial charge in [0.2, 0.25) is 0 Å². The highest BCUT2D eigenvalue weighted by Gasteiger charge is 2.16. The van der Waals surface area contributed by atoms with Crippen molar-refractivity contribution in [2.75, 3.05) is 13.7 Å². The Bertz CT molecular complexity index is 370. The van der Waals surface area contributed by atoms with Gasteiger partial charge in [-0.25, -0.2) is 0 Å². The molecule has 1 saturated heterocycles. The van der Waals surface area contributed by atoms with Crippen LogP contribution in [0.25, 0.3) is 0 Å². The second kappa shape index (κ2) is 5.12. The van der Waals surface area contributed by atoms with Gasteiger partial charge in [-0.3, -0.25) is 4.79 Å². The fourth-order valence-corrected chi connectivity index (χ4v) is 2.20. The lowest BCUT2D eigenvalue weighted by atomic mass is 9.99. The van der Waals surface area contributed by atoms with Crippen molar-refractivity contribution in [1.29, 1.82) is 0 Å². The maximum Gasteiger partial charge on any atom is 0.150 e. The SMILES string of the molecule is COc1ccc(C=O)c(CC2CCCN2)c1. The molecule has 1 fully saturated rings. The molecule has 1 aromatic carbocycles. The van der Waals surface area contributed by atoms with E-state index in [0.29, 0.717) is 6.04 Å². The Morgan fingerprint density at radius 1 is 1.56 bits per heavy atom. The van der Waals surface area contributed by atoms with Crippen LogP contribution in [-0.2, 0) is 6.42 Å². The predicted octanol–water partition coefficient (Wildman–Crippen LogP) is 1.80. The van der Waals surface area contributed by atoms with Crippen LogP contribution < -0.4 is 10.1 Å². The Balaban J connectivity index is 2.18. The number of benzene rings is 1. The van der Waals surface area contributed by atoms with E-state index in [1.54, 1.807) is 7.11 Å². The largest absolute Gasteiger partial charge is 0.497 e. The molecule has 0 radical (unpaired) electrons. The molecule has 1 atom stereocenters. The number of aldehydes is 1. The van der Waals surface area contributed by atoms with Crippen molar-refractivity contribution in [2.24, 2.45) is 0 Å². The first-order chi connectivity index (χ1) is 7.83. The average molecular weight is 219 g/mol. The van der Waals surface area contributed by atoms with Crippen LogP contribution in [0, 0.1) is 0 Å². The minimum absolute atomic E-state index is 0.505. The Morgan fingerprint density at radius 3 is 3.06 bits per heavy atom. The lowest BCUT2D eigenvalue weighted by Gasteiger charge is -2.12. The molecule has 1 aliphatic rings. The summed E-state index contributed by atoms with van der Waals surface area (Å²) in [6.07, 6.45) is 4.25. The fourth-order valence-electron chi connectivity index (χ4n) is 2.20. The molecule has 1 heterocycles. The van der Waals surface area contributed by atoms with Gasteiger partial charge in [0.25, 0.3) is 0 Å². The third-order valence-electron chi connectivity index (χ3n) is 3.11. The third kappa shape index (κ3) is 2.42. The Kier molecular flexibility index (Phi) is 3.57. The molecule has 0 spiro atoms. The zero-order chi connectivity index (χ0) is 11.4. The van der Waals surface area contributed by atoms with E-state index in [9.17, 15) is 4.79 Å². The number of carbonyl (C=O) groups is 1. The maximum atomic E-state index is 10.9. The van der Waals surface area contributed by atoms with Crippen LogP contribution in [0.15, 0.2) is 18.2 Å². The summed E-state index contributed by atoms with van der Waals surface area (Å²) in [5, 5.41) is 3.44. The minimum Gasteiger partial charge on any atom is -0.497 e. The van der Waals surface area contributed by atoms with Gasteiger partial charge in [-0.05, 0) is 49.6 Å². The van der Waals surface area contributed by atoms with E-state index in [1.165, 1.54) is 12.8 Å². The molecule has 2 rings (SSSR count). The van der Waals surface area contributed by atoms with Crippen LogP contribution >= 0.6 is 0 Å². The van der Waals surface area contributed by atoms with Crippen molar-refractivity contribution in [3.8, 4) is 5.75 Å². The van der Waals surface area contributed by atoms with Gasteiger partial charge in [-0.15, -0.1) is 0 Å². The molecule has 3 heteroatoms. The summed E-state index contributed by atoms with van der Waals surface area (Å²) in [6.45, 7) is 1.09. The van der Waals surface area contributed by atoms with Gasteiger partial charge in [0.05, 0.1) is 7.11 Å². The number of ether oxygens (including phenoxy) is 1. The van der Waals surface area contributed by atoms with Crippen molar-refractivity contribution >= 4 is 6.29 Å². The van der Waals surface area contributed by atoms with Gasteiger partial charge < -0.3 is 10.1 Å². The van der Waals surface area contributed by atoms with Crippen molar-refractivity contribution in [3.05, 3.63) is 29.3 Å². The van der Waals surface area contributed by atoms with E-state index in [0.717, 1.165) is 36.1 Å². The Labute approximate surface area is 95.8 Å². The first kappa shape index (κ1) is 11.1. The van der Waals surface area contributed by atoms with Gasteiger partial charge in [0.1, 0.15) is 12.0 Å². The molecule has 1 N–H and O–H groups in total. The van der Waals surface area contributed by atoms with Crippen LogP contribution in [0.3, 0.4) is 0 Å². The maximum absolute atomic E-state index is 10.9. The standard InChI is InChI=1S/C13H17NO2/c1-16-13-5-4-10(9-15)11(8-13)7-12-3-2-6-14-12/h4-5,8-9,12,14H,2-3,6-7H2,1H3. The Morgan fingerprint density at radius 2 is 2.44 bits per heavy atom. The molecule has 0 aliphatic carbocycles. The van der Waals surface area contributed by atoms with Gasteiger partial charge >= 0.3 is 0 Å². The average Bonchev–Trinajstić information content (AvgIpc) is 2.82. The normalized spacial score (nSPS) is 19.7. The van der Waals surface area contributed by atoms with E-state index >= 15 is 0 Å². The van der Waals surface area contributed by atoms with E-state index in [1.807, 2.05) is 18.2 Å². The van der Waals surface area contributed by atoms with Crippen molar-refractivity contribution in [2.45, 2.75) is 25.3 Å². The van der Waals surface area contributed by atoms with Gasteiger partial charge in [0.15, 0.2) is 0 Å². The zero-order valence-corrected chi connectivity index (χ0v) is 9.53. The molecule has 1 aliphatic heterocycles. The predicted molar refractivity (Wildman–Crippen MR) is 63.1 cm³/mol. The summed E-state index contributed by atoms with van der Waals surface area (Å²) in [7, 11) is 1.65. The highest BCUT2D eigenvalue weighted by atomic mass is 16.5. The molecule has 1 aromatic rings. The van der Waals surface area contributed by atoms with E-state index in [-0.39, 0.29) is 0 Å². The molecule has 1 unspecified atom stereocenters. The number of methoxy groups -OCH3 is 1. The molecule has 0 bridgehead atoms. The summed E-state index contributed by atoms with van der Waals surface area (Å²) in [5.41, 5.74) is 1.85.